The number of nitrogens with one attached hydrogen (secondary N) is 1. The summed E-state index contributed by atoms with van der Waals surface area (Å²) < 4.78 is 26.6. The highest BCUT2D eigenvalue weighted by atomic mass is 32.2. The average molecular weight is 283 g/mol. The molecule has 5 nitrogen and oxygen atoms in total. The first-order valence-electron chi connectivity index (χ1n) is 5.22. The van der Waals surface area contributed by atoms with Crippen LogP contribution in [0.2, 0.25) is 0 Å². The molecule has 7 heteroatoms. The fourth-order valence-electron chi connectivity index (χ4n) is 1.51. The highest BCUT2D eigenvalue weighted by Crippen LogP contribution is 2.16. The van der Waals surface area contributed by atoms with Gasteiger partial charge in [-0.2, -0.15) is 0 Å². The summed E-state index contributed by atoms with van der Waals surface area (Å²) in [6.07, 6.45) is 1.64. The molecule has 0 bridgehead atoms. The zero-order valence-corrected chi connectivity index (χ0v) is 11.4. The Bertz CT molecular complexity index is 616. The van der Waals surface area contributed by atoms with E-state index in [4.69, 9.17) is 5.73 Å². The van der Waals surface area contributed by atoms with Crippen LogP contribution in [0.4, 0.5) is 5.69 Å². The SMILES string of the molecule is Cc1cc(N)cc(S(=O)(=O)NCc2nccs2)c1. The van der Waals surface area contributed by atoms with Crippen LogP contribution in [0.25, 0.3) is 0 Å². The number of nitrogen functional groups attached to an aromatic ring is 1. The summed E-state index contributed by atoms with van der Waals surface area (Å²) in [5, 5.41) is 2.52. The first-order chi connectivity index (χ1) is 8.47. The minimum atomic E-state index is -3.54. The van der Waals surface area contributed by atoms with Gasteiger partial charge in [0.15, 0.2) is 0 Å². The number of rotatable bonds is 4. The Balaban J connectivity index is 2.20. The van der Waals surface area contributed by atoms with Gasteiger partial charge in [0.25, 0.3) is 0 Å². The highest BCUT2D eigenvalue weighted by Gasteiger charge is 2.15. The third-order valence-electron chi connectivity index (χ3n) is 2.28. The number of aryl methyl sites for hydroxylation is 1. The Hall–Kier alpha value is -1.44. The van der Waals surface area contributed by atoms with Crippen molar-refractivity contribution in [3.63, 3.8) is 0 Å². The van der Waals surface area contributed by atoms with E-state index in [2.05, 4.69) is 9.71 Å². The Kier molecular flexibility index (Phi) is 3.65. The van der Waals surface area contributed by atoms with Crippen molar-refractivity contribution < 1.29 is 8.42 Å². The topological polar surface area (TPSA) is 85.1 Å². The van der Waals surface area contributed by atoms with E-state index in [9.17, 15) is 8.42 Å². The van der Waals surface area contributed by atoms with Crippen molar-refractivity contribution in [3.05, 3.63) is 40.3 Å². The van der Waals surface area contributed by atoms with Crippen LogP contribution in [0, 0.1) is 6.92 Å². The van der Waals surface area contributed by atoms with E-state index in [1.165, 1.54) is 17.4 Å². The first kappa shape index (κ1) is 13.0. The van der Waals surface area contributed by atoms with Gasteiger partial charge >= 0.3 is 0 Å². The van der Waals surface area contributed by atoms with Crippen LogP contribution in [0.5, 0.6) is 0 Å². The quantitative estimate of drug-likeness (QED) is 0.833. The van der Waals surface area contributed by atoms with Crippen LogP contribution in [0.15, 0.2) is 34.7 Å². The molecule has 0 atom stereocenters. The van der Waals surface area contributed by atoms with E-state index < -0.39 is 10.0 Å². The second kappa shape index (κ2) is 5.05. The molecule has 0 unspecified atom stereocenters. The summed E-state index contributed by atoms with van der Waals surface area (Å²) in [6.45, 7) is 1.99. The average Bonchev–Trinajstić information content (AvgIpc) is 2.78. The van der Waals surface area contributed by atoms with Gasteiger partial charge in [-0.25, -0.2) is 18.1 Å². The van der Waals surface area contributed by atoms with E-state index in [0.29, 0.717) is 5.69 Å². The largest absolute Gasteiger partial charge is 0.399 e. The van der Waals surface area contributed by atoms with Gasteiger partial charge in [0.05, 0.1) is 11.4 Å². The standard InChI is InChI=1S/C11H13N3O2S2/c1-8-4-9(12)6-10(5-8)18(15,16)14-7-11-13-2-3-17-11/h2-6,14H,7,12H2,1H3. The summed E-state index contributed by atoms with van der Waals surface area (Å²) in [6, 6.07) is 4.75. The van der Waals surface area contributed by atoms with E-state index in [1.807, 2.05) is 0 Å². The Morgan fingerprint density at radius 2 is 2.17 bits per heavy atom. The second-order valence-electron chi connectivity index (χ2n) is 3.83. The van der Waals surface area contributed by atoms with Crippen LogP contribution < -0.4 is 10.5 Å². The van der Waals surface area contributed by atoms with Gasteiger partial charge in [0.1, 0.15) is 5.01 Å². The lowest BCUT2D eigenvalue weighted by Gasteiger charge is -2.07. The van der Waals surface area contributed by atoms with Crippen molar-refractivity contribution in [2.24, 2.45) is 0 Å². The second-order valence-corrected chi connectivity index (χ2v) is 6.58. The fourth-order valence-corrected chi connectivity index (χ4v) is 3.29. The molecule has 0 aliphatic heterocycles. The van der Waals surface area contributed by atoms with Gasteiger partial charge < -0.3 is 5.73 Å². The summed E-state index contributed by atoms with van der Waals surface area (Å²) in [5.41, 5.74) is 6.89. The van der Waals surface area contributed by atoms with Gasteiger partial charge in [0.2, 0.25) is 10.0 Å². The lowest BCUT2D eigenvalue weighted by Crippen LogP contribution is -2.23. The predicted molar refractivity (Wildman–Crippen MR) is 71.7 cm³/mol. The number of nitrogens with zero attached hydrogens (tertiary/aromatic N) is 1. The van der Waals surface area contributed by atoms with Crippen LogP contribution >= 0.6 is 11.3 Å². The van der Waals surface area contributed by atoms with Crippen molar-refractivity contribution in [2.75, 3.05) is 5.73 Å². The molecule has 96 valence electrons. The van der Waals surface area contributed by atoms with Crippen LogP contribution in [0.1, 0.15) is 10.6 Å². The van der Waals surface area contributed by atoms with Crippen molar-refractivity contribution in [1.29, 1.82) is 0 Å². The molecule has 0 saturated heterocycles. The highest BCUT2D eigenvalue weighted by molar-refractivity contribution is 7.89. The fraction of sp³-hybridized carbons (Fsp3) is 0.182. The van der Waals surface area contributed by atoms with Gasteiger partial charge in [-0.3, -0.25) is 0 Å². The van der Waals surface area contributed by atoms with Gasteiger partial charge in [-0.15, -0.1) is 11.3 Å². The predicted octanol–water partition coefficient (Wildman–Crippen LogP) is 1.51. The molecule has 18 heavy (non-hydrogen) atoms. The van der Waals surface area contributed by atoms with Gasteiger partial charge in [-0.1, -0.05) is 0 Å². The Morgan fingerprint density at radius 3 is 2.78 bits per heavy atom. The van der Waals surface area contributed by atoms with Crippen molar-refractivity contribution in [3.8, 4) is 0 Å². The zero-order chi connectivity index (χ0) is 13.2. The molecule has 1 heterocycles. The summed E-state index contributed by atoms with van der Waals surface area (Å²) >= 11 is 1.40. The molecule has 0 spiro atoms. The third-order valence-corrected chi connectivity index (χ3v) is 4.44. The van der Waals surface area contributed by atoms with E-state index >= 15 is 0 Å². The maximum Gasteiger partial charge on any atom is 0.241 e. The monoisotopic (exact) mass is 283 g/mol. The number of hydrogen-bond acceptors (Lipinski definition) is 5. The lowest BCUT2D eigenvalue weighted by molar-refractivity contribution is 0.581. The zero-order valence-electron chi connectivity index (χ0n) is 9.75. The molecule has 0 radical (unpaired) electrons. The number of benzene rings is 1. The van der Waals surface area contributed by atoms with E-state index in [-0.39, 0.29) is 11.4 Å². The van der Waals surface area contributed by atoms with Crippen molar-refractivity contribution in [2.45, 2.75) is 18.4 Å². The maximum atomic E-state index is 12.0. The number of anilines is 1. The van der Waals surface area contributed by atoms with Crippen LogP contribution in [0.3, 0.4) is 0 Å². The molecular formula is C11H13N3O2S2. The molecular weight excluding hydrogens is 270 g/mol. The number of nitrogens with two attached hydrogens (primary N) is 1. The molecule has 0 fully saturated rings. The minimum absolute atomic E-state index is 0.177. The van der Waals surface area contributed by atoms with Gasteiger partial charge in [0, 0.05) is 17.3 Å². The first-order valence-corrected chi connectivity index (χ1v) is 7.59. The molecule has 0 saturated carbocycles. The molecule has 1 aromatic carbocycles. The summed E-state index contributed by atoms with van der Waals surface area (Å²) in [7, 11) is -3.54. The maximum absolute atomic E-state index is 12.0. The number of hydrogen-bond donors (Lipinski definition) is 2. The van der Waals surface area contributed by atoms with Crippen LogP contribution in [-0.4, -0.2) is 13.4 Å². The lowest BCUT2D eigenvalue weighted by atomic mass is 10.2. The van der Waals surface area contributed by atoms with Crippen molar-refractivity contribution in [1.82, 2.24) is 9.71 Å². The number of thiazole rings is 1. The van der Waals surface area contributed by atoms with Gasteiger partial charge in [-0.05, 0) is 30.7 Å². The molecule has 0 aliphatic carbocycles. The van der Waals surface area contributed by atoms with Crippen molar-refractivity contribution >= 4 is 27.0 Å². The Morgan fingerprint density at radius 1 is 1.39 bits per heavy atom. The summed E-state index contributed by atoms with van der Waals surface area (Å²) in [4.78, 5) is 4.19. The smallest absolute Gasteiger partial charge is 0.241 e. The molecule has 1 aromatic heterocycles. The molecule has 3 N–H and O–H groups in total. The molecule has 2 aromatic rings. The molecule has 0 aliphatic rings. The third kappa shape index (κ3) is 3.06. The Labute approximate surface area is 110 Å². The summed E-state index contributed by atoms with van der Waals surface area (Å²) in [5.74, 6) is 0. The molecule has 0 amide bonds. The minimum Gasteiger partial charge on any atom is -0.399 e. The number of aromatic nitrogens is 1. The molecule has 2 rings (SSSR count). The van der Waals surface area contributed by atoms with Crippen LogP contribution in [-0.2, 0) is 16.6 Å². The number of sulfonamides is 1. The normalized spacial score (nSPS) is 11.6. The van der Waals surface area contributed by atoms with E-state index in [1.54, 1.807) is 30.6 Å². The van der Waals surface area contributed by atoms with E-state index in [0.717, 1.165) is 10.6 Å².